The van der Waals surface area contributed by atoms with Gasteiger partial charge in [-0.1, -0.05) is 0 Å². The molecule has 0 saturated carbocycles. The highest BCUT2D eigenvalue weighted by molar-refractivity contribution is 14.1. The minimum Gasteiger partial charge on any atom is -0.444 e. The van der Waals surface area contributed by atoms with Gasteiger partial charge in [-0.05, 0) is 68.3 Å². The SMILES string of the molecule is CC(C)(C)OC(=O)NC1CCCN(c2ccc3ncc(I)n3n2)C1. The van der Waals surface area contributed by atoms with Crippen molar-refractivity contribution in [3.63, 3.8) is 0 Å². The molecular weight excluding hydrogens is 421 g/mol. The summed E-state index contributed by atoms with van der Waals surface area (Å²) < 4.78 is 8.16. The third-order valence-corrected chi connectivity index (χ3v) is 4.51. The van der Waals surface area contributed by atoms with Gasteiger partial charge in [0.1, 0.15) is 15.1 Å². The Labute approximate surface area is 154 Å². The van der Waals surface area contributed by atoms with Gasteiger partial charge >= 0.3 is 6.09 Å². The molecule has 0 aliphatic carbocycles. The number of nitrogens with one attached hydrogen (secondary N) is 1. The van der Waals surface area contributed by atoms with Crippen LogP contribution in [0, 0.1) is 3.70 Å². The summed E-state index contributed by atoms with van der Waals surface area (Å²) in [7, 11) is 0. The predicted octanol–water partition coefficient (Wildman–Crippen LogP) is 2.83. The largest absolute Gasteiger partial charge is 0.444 e. The van der Waals surface area contributed by atoms with Crippen molar-refractivity contribution in [3.05, 3.63) is 22.0 Å². The molecule has 2 aromatic rings. The molecule has 0 radical (unpaired) electrons. The van der Waals surface area contributed by atoms with Crippen LogP contribution in [0.25, 0.3) is 5.65 Å². The van der Waals surface area contributed by atoms with Gasteiger partial charge in [-0.25, -0.2) is 14.3 Å². The second-order valence-electron chi connectivity index (χ2n) is 6.97. The van der Waals surface area contributed by atoms with Gasteiger partial charge in [-0.3, -0.25) is 0 Å². The fourth-order valence-corrected chi connectivity index (χ4v) is 3.28. The van der Waals surface area contributed by atoms with Crippen LogP contribution in [0.4, 0.5) is 10.6 Å². The lowest BCUT2D eigenvalue weighted by molar-refractivity contribution is 0.0500. The van der Waals surface area contributed by atoms with Crippen LogP contribution in [0.1, 0.15) is 33.6 Å². The number of aromatic nitrogens is 3. The number of hydrogen-bond donors (Lipinski definition) is 1. The van der Waals surface area contributed by atoms with Crippen molar-refractivity contribution in [1.82, 2.24) is 19.9 Å². The van der Waals surface area contributed by atoms with Crippen LogP contribution in [0.3, 0.4) is 0 Å². The molecule has 0 spiro atoms. The molecule has 1 atom stereocenters. The first-order valence-corrected chi connectivity index (χ1v) is 9.14. The monoisotopic (exact) mass is 443 g/mol. The van der Waals surface area contributed by atoms with Crippen LogP contribution in [-0.4, -0.2) is 45.4 Å². The number of fused-ring (bicyclic) bond motifs is 1. The maximum absolute atomic E-state index is 12.0. The summed E-state index contributed by atoms with van der Waals surface area (Å²) in [4.78, 5) is 18.5. The Bertz CT molecular complexity index is 740. The molecule has 1 N–H and O–H groups in total. The van der Waals surface area contributed by atoms with E-state index in [1.54, 1.807) is 6.20 Å². The van der Waals surface area contributed by atoms with Crippen molar-refractivity contribution in [2.45, 2.75) is 45.3 Å². The van der Waals surface area contributed by atoms with Crippen molar-refractivity contribution in [2.75, 3.05) is 18.0 Å². The summed E-state index contributed by atoms with van der Waals surface area (Å²) in [6, 6.07) is 4.01. The van der Waals surface area contributed by atoms with Crippen LogP contribution in [0.15, 0.2) is 18.3 Å². The zero-order chi connectivity index (χ0) is 17.3. The van der Waals surface area contributed by atoms with Gasteiger partial charge < -0.3 is 15.0 Å². The first-order chi connectivity index (χ1) is 11.3. The molecule has 1 unspecified atom stereocenters. The Hall–Kier alpha value is -1.58. The van der Waals surface area contributed by atoms with Crippen molar-refractivity contribution >= 4 is 40.1 Å². The summed E-state index contributed by atoms with van der Waals surface area (Å²) in [5, 5.41) is 7.63. The van der Waals surface area contributed by atoms with Gasteiger partial charge in [0.05, 0.1) is 6.20 Å². The third kappa shape index (κ3) is 4.08. The number of hydrogen-bond acceptors (Lipinski definition) is 5. The van der Waals surface area contributed by atoms with Gasteiger partial charge in [-0.2, -0.15) is 0 Å². The number of imidazole rings is 1. The summed E-state index contributed by atoms with van der Waals surface area (Å²) in [6.07, 6.45) is 3.39. The van der Waals surface area contributed by atoms with E-state index in [2.05, 4.69) is 42.9 Å². The van der Waals surface area contributed by atoms with Crippen LogP contribution >= 0.6 is 22.6 Å². The van der Waals surface area contributed by atoms with Crippen molar-refractivity contribution in [2.24, 2.45) is 0 Å². The van der Waals surface area contributed by atoms with Crippen molar-refractivity contribution in [3.8, 4) is 0 Å². The highest BCUT2D eigenvalue weighted by Gasteiger charge is 2.25. The predicted molar refractivity (Wildman–Crippen MR) is 100 cm³/mol. The Kier molecular flexibility index (Phi) is 4.84. The fraction of sp³-hybridized carbons (Fsp3) is 0.562. The van der Waals surface area contributed by atoms with E-state index in [4.69, 9.17) is 4.74 Å². The van der Waals surface area contributed by atoms with Crippen LogP contribution in [0.2, 0.25) is 0 Å². The van der Waals surface area contributed by atoms with E-state index in [1.165, 1.54) is 0 Å². The minimum atomic E-state index is -0.483. The maximum atomic E-state index is 12.0. The Morgan fingerprint density at radius 2 is 2.21 bits per heavy atom. The molecule has 7 nitrogen and oxygen atoms in total. The van der Waals surface area contributed by atoms with Crippen LogP contribution in [-0.2, 0) is 4.74 Å². The average molecular weight is 443 g/mol. The summed E-state index contributed by atoms with van der Waals surface area (Å²) in [6.45, 7) is 7.25. The number of carbonyl (C=O) groups excluding carboxylic acids is 1. The summed E-state index contributed by atoms with van der Waals surface area (Å²) >= 11 is 2.22. The van der Waals surface area contributed by atoms with Crippen molar-refractivity contribution < 1.29 is 9.53 Å². The lowest BCUT2D eigenvalue weighted by atomic mass is 10.1. The first kappa shape index (κ1) is 17.2. The Balaban J connectivity index is 1.68. The first-order valence-electron chi connectivity index (χ1n) is 8.06. The summed E-state index contributed by atoms with van der Waals surface area (Å²) in [5.74, 6) is 0.897. The highest BCUT2D eigenvalue weighted by atomic mass is 127. The molecule has 3 heterocycles. The molecule has 1 aliphatic rings. The molecule has 1 aliphatic heterocycles. The molecule has 8 heteroatoms. The number of halogens is 1. The molecule has 2 aromatic heterocycles. The lowest BCUT2D eigenvalue weighted by Gasteiger charge is -2.34. The number of ether oxygens (including phenoxy) is 1. The Morgan fingerprint density at radius 3 is 2.96 bits per heavy atom. The lowest BCUT2D eigenvalue weighted by Crippen LogP contribution is -2.49. The van der Waals surface area contributed by atoms with E-state index in [0.717, 1.165) is 41.1 Å². The molecule has 130 valence electrons. The van der Waals surface area contributed by atoms with E-state index in [9.17, 15) is 4.79 Å². The van der Waals surface area contributed by atoms with E-state index in [1.807, 2.05) is 37.4 Å². The zero-order valence-electron chi connectivity index (χ0n) is 14.1. The maximum Gasteiger partial charge on any atom is 0.407 e. The minimum absolute atomic E-state index is 0.0629. The zero-order valence-corrected chi connectivity index (χ0v) is 16.3. The number of rotatable bonds is 2. The number of alkyl carbamates (subject to hydrolysis) is 1. The molecular formula is C16H22IN5O2. The smallest absolute Gasteiger partial charge is 0.407 e. The molecule has 24 heavy (non-hydrogen) atoms. The quantitative estimate of drug-likeness (QED) is 0.723. The second kappa shape index (κ2) is 6.73. The standard InChI is InChI=1S/C16H22IN5O2/c1-16(2,3)24-15(23)19-11-5-4-8-21(10-11)14-7-6-13-18-9-12(17)22(13)20-14/h6-7,9,11H,4-5,8,10H2,1-3H3,(H,19,23). The van der Waals surface area contributed by atoms with Gasteiger partial charge in [0, 0.05) is 19.1 Å². The highest BCUT2D eigenvalue weighted by Crippen LogP contribution is 2.19. The number of piperidine rings is 1. The van der Waals surface area contributed by atoms with Crippen molar-refractivity contribution in [1.29, 1.82) is 0 Å². The van der Waals surface area contributed by atoms with Gasteiger partial charge in [0.15, 0.2) is 5.65 Å². The summed E-state index contributed by atoms with van der Waals surface area (Å²) in [5.41, 5.74) is 0.354. The topological polar surface area (TPSA) is 71.8 Å². The number of amides is 1. The van der Waals surface area contributed by atoms with Gasteiger partial charge in [0.25, 0.3) is 0 Å². The normalized spacial score (nSPS) is 18.7. The van der Waals surface area contributed by atoms with E-state index in [-0.39, 0.29) is 12.1 Å². The Morgan fingerprint density at radius 1 is 1.42 bits per heavy atom. The van der Waals surface area contributed by atoms with E-state index in [0.29, 0.717) is 0 Å². The number of nitrogens with zero attached hydrogens (tertiary/aromatic N) is 4. The molecule has 3 rings (SSSR count). The molecule has 1 saturated heterocycles. The van der Waals surface area contributed by atoms with E-state index < -0.39 is 5.60 Å². The number of anilines is 1. The van der Waals surface area contributed by atoms with Gasteiger partial charge in [-0.15, -0.1) is 5.10 Å². The average Bonchev–Trinajstić information content (AvgIpc) is 2.86. The molecule has 0 aromatic carbocycles. The molecule has 1 amide bonds. The van der Waals surface area contributed by atoms with Crippen LogP contribution < -0.4 is 10.2 Å². The third-order valence-electron chi connectivity index (χ3n) is 3.77. The molecule has 1 fully saturated rings. The van der Waals surface area contributed by atoms with Gasteiger partial charge in [0.2, 0.25) is 0 Å². The van der Waals surface area contributed by atoms with Crippen LogP contribution in [0.5, 0.6) is 0 Å². The number of carbonyl (C=O) groups is 1. The second-order valence-corrected chi connectivity index (χ2v) is 8.08. The fourth-order valence-electron chi connectivity index (χ4n) is 2.78. The molecule has 0 bridgehead atoms. The van der Waals surface area contributed by atoms with E-state index >= 15 is 0 Å².